The first kappa shape index (κ1) is 18.5. The zero-order valence-electron chi connectivity index (χ0n) is 16.6. The van der Waals surface area contributed by atoms with Crippen molar-refractivity contribution in [1.82, 2.24) is 15.3 Å². The molecule has 27 heavy (non-hydrogen) atoms. The van der Waals surface area contributed by atoms with E-state index in [-0.39, 0.29) is 0 Å². The summed E-state index contributed by atoms with van der Waals surface area (Å²) < 4.78 is 0. The average Bonchev–Trinajstić information content (AvgIpc) is 3.04. The minimum atomic E-state index is 0.405. The maximum absolute atomic E-state index is 6.67. The number of pyridine rings is 1. The molecule has 2 aromatic heterocycles. The van der Waals surface area contributed by atoms with Crippen LogP contribution in [-0.4, -0.2) is 23.1 Å². The molecule has 1 aromatic carbocycles. The maximum Gasteiger partial charge on any atom is 0.0712 e. The predicted molar refractivity (Wildman–Crippen MR) is 115 cm³/mol. The van der Waals surface area contributed by atoms with E-state index >= 15 is 0 Å². The van der Waals surface area contributed by atoms with Gasteiger partial charge in [-0.25, -0.2) is 0 Å². The highest BCUT2D eigenvalue weighted by Crippen LogP contribution is 2.40. The molecule has 0 radical (unpaired) electrons. The van der Waals surface area contributed by atoms with Crippen LogP contribution in [0, 0.1) is 13.8 Å². The molecule has 3 heterocycles. The summed E-state index contributed by atoms with van der Waals surface area (Å²) in [7, 11) is 0. The van der Waals surface area contributed by atoms with Crippen LogP contribution in [0.3, 0.4) is 0 Å². The Bertz CT molecular complexity index is 981. The highest BCUT2D eigenvalue weighted by molar-refractivity contribution is 6.34. The van der Waals surface area contributed by atoms with E-state index in [0.29, 0.717) is 11.8 Å². The average molecular weight is 382 g/mol. The Morgan fingerprint density at radius 3 is 2.56 bits per heavy atom. The molecular formula is C23H28ClN3. The molecule has 0 spiro atoms. The van der Waals surface area contributed by atoms with Gasteiger partial charge in [-0.1, -0.05) is 31.5 Å². The van der Waals surface area contributed by atoms with Crippen molar-refractivity contribution >= 4 is 22.5 Å². The van der Waals surface area contributed by atoms with Crippen LogP contribution in [0.2, 0.25) is 5.02 Å². The third kappa shape index (κ3) is 3.39. The van der Waals surface area contributed by atoms with Crippen molar-refractivity contribution in [1.29, 1.82) is 0 Å². The first-order valence-electron chi connectivity index (χ1n) is 9.96. The summed E-state index contributed by atoms with van der Waals surface area (Å²) >= 11 is 6.67. The van der Waals surface area contributed by atoms with Crippen LogP contribution >= 0.6 is 11.6 Å². The zero-order chi connectivity index (χ0) is 19.1. The molecule has 2 N–H and O–H groups in total. The fourth-order valence-electron chi connectivity index (χ4n) is 4.45. The summed E-state index contributed by atoms with van der Waals surface area (Å²) in [5, 5.41) is 5.54. The topological polar surface area (TPSA) is 40.7 Å². The standard InChI is InChI=1S/C23H28ClN3/c1-13(2)21-18-12-17(16-7-9-25-10-8-16)5-6-20(18)27-23(21)19-11-14(3)26-15(4)22(19)24/h5-6,11-13,16,25,27H,7-10H2,1-4H3. The third-order valence-electron chi connectivity index (χ3n) is 5.77. The number of benzene rings is 1. The van der Waals surface area contributed by atoms with E-state index < -0.39 is 0 Å². The number of rotatable bonds is 3. The number of aromatic nitrogens is 2. The number of aromatic amines is 1. The van der Waals surface area contributed by atoms with Gasteiger partial charge in [-0.05, 0) is 80.9 Å². The van der Waals surface area contributed by atoms with Crippen LogP contribution in [0.25, 0.3) is 22.2 Å². The number of hydrogen-bond acceptors (Lipinski definition) is 2. The van der Waals surface area contributed by atoms with Gasteiger partial charge in [0.1, 0.15) is 0 Å². The van der Waals surface area contributed by atoms with Gasteiger partial charge >= 0.3 is 0 Å². The molecule has 4 rings (SSSR count). The lowest BCUT2D eigenvalue weighted by Gasteiger charge is -2.23. The minimum Gasteiger partial charge on any atom is -0.354 e. The summed E-state index contributed by atoms with van der Waals surface area (Å²) in [4.78, 5) is 8.17. The van der Waals surface area contributed by atoms with Crippen molar-refractivity contribution in [3.8, 4) is 11.3 Å². The van der Waals surface area contributed by atoms with Gasteiger partial charge in [0.2, 0.25) is 0 Å². The molecule has 1 aliphatic heterocycles. The Kier molecular flexibility index (Phi) is 5.00. The second-order valence-corrected chi connectivity index (χ2v) is 8.49. The SMILES string of the molecule is Cc1cc(-c2[nH]c3ccc(C4CCNCC4)cc3c2C(C)C)c(Cl)c(C)n1. The Hall–Kier alpha value is -1.84. The Morgan fingerprint density at radius 1 is 1.11 bits per heavy atom. The second kappa shape index (κ2) is 7.29. The van der Waals surface area contributed by atoms with E-state index in [4.69, 9.17) is 11.6 Å². The van der Waals surface area contributed by atoms with Crippen molar-refractivity contribution in [3.63, 3.8) is 0 Å². The molecule has 0 bridgehead atoms. The molecule has 0 saturated carbocycles. The van der Waals surface area contributed by atoms with E-state index in [1.165, 1.54) is 34.9 Å². The lowest BCUT2D eigenvalue weighted by Crippen LogP contribution is -2.26. The van der Waals surface area contributed by atoms with E-state index in [0.717, 1.165) is 40.8 Å². The molecule has 3 nitrogen and oxygen atoms in total. The zero-order valence-corrected chi connectivity index (χ0v) is 17.4. The van der Waals surface area contributed by atoms with Crippen molar-refractivity contribution in [2.45, 2.75) is 52.4 Å². The number of H-pyrrole nitrogens is 1. The predicted octanol–water partition coefficient (Wildman–Crippen LogP) is 6.09. The molecule has 142 valence electrons. The van der Waals surface area contributed by atoms with Gasteiger partial charge in [-0.15, -0.1) is 0 Å². The van der Waals surface area contributed by atoms with Crippen molar-refractivity contribution in [3.05, 3.63) is 51.8 Å². The van der Waals surface area contributed by atoms with Gasteiger partial charge in [-0.2, -0.15) is 0 Å². The molecular weight excluding hydrogens is 354 g/mol. The molecule has 4 heteroatoms. The molecule has 0 amide bonds. The van der Waals surface area contributed by atoms with E-state index in [2.05, 4.69) is 53.4 Å². The molecule has 1 fully saturated rings. The summed E-state index contributed by atoms with van der Waals surface area (Å²) in [5.74, 6) is 1.06. The molecule has 0 aliphatic carbocycles. The molecule has 0 unspecified atom stereocenters. The van der Waals surface area contributed by atoms with Gasteiger partial charge in [0.05, 0.1) is 16.4 Å². The lowest BCUT2D eigenvalue weighted by atomic mass is 9.88. The number of nitrogens with zero attached hydrogens (tertiary/aromatic N) is 1. The fourth-order valence-corrected chi connectivity index (χ4v) is 4.64. The van der Waals surface area contributed by atoms with Crippen molar-refractivity contribution in [2.24, 2.45) is 0 Å². The van der Waals surface area contributed by atoms with Crippen LogP contribution in [0.5, 0.6) is 0 Å². The van der Waals surface area contributed by atoms with Gasteiger partial charge < -0.3 is 10.3 Å². The second-order valence-electron chi connectivity index (χ2n) is 8.11. The Balaban J connectivity index is 1.90. The fraction of sp³-hybridized carbons (Fsp3) is 0.435. The number of hydrogen-bond donors (Lipinski definition) is 2. The first-order chi connectivity index (χ1) is 13.0. The number of nitrogens with one attached hydrogen (secondary N) is 2. The number of aryl methyl sites for hydroxylation is 2. The minimum absolute atomic E-state index is 0.405. The van der Waals surface area contributed by atoms with Crippen LogP contribution in [0.15, 0.2) is 24.3 Å². The highest BCUT2D eigenvalue weighted by atomic mass is 35.5. The Labute approximate surface area is 166 Å². The van der Waals surface area contributed by atoms with E-state index in [9.17, 15) is 0 Å². The highest BCUT2D eigenvalue weighted by Gasteiger charge is 2.21. The van der Waals surface area contributed by atoms with Crippen LogP contribution in [0.4, 0.5) is 0 Å². The smallest absolute Gasteiger partial charge is 0.0712 e. The van der Waals surface area contributed by atoms with Gasteiger partial charge in [0, 0.05) is 22.2 Å². The monoisotopic (exact) mass is 381 g/mol. The van der Waals surface area contributed by atoms with Crippen LogP contribution in [-0.2, 0) is 0 Å². The van der Waals surface area contributed by atoms with Gasteiger partial charge in [-0.3, -0.25) is 4.98 Å². The van der Waals surface area contributed by atoms with Crippen LogP contribution in [0.1, 0.15) is 61.0 Å². The van der Waals surface area contributed by atoms with Crippen molar-refractivity contribution < 1.29 is 0 Å². The third-order valence-corrected chi connectivity index (χ3v) is 6.25. The van der Waals surface area contributed by atoms with Gasteiger partial charge in [0.15, 0.2) is 0 Å². The van der Waals surface area contributed by atoms with E-state index in [1.807, 2.05) is 13.8 Å². The molecule has 1 aliphatic rings. The number of piperidine rings is 1. The summed E-state index contributed by atoms with van der Waals surface area (Å²) in [6, 6.07) is 9.05. The quantitative estimate of drug-likeness (QED) is 0.576. The van der Waals surface area contributed by atoms with Crippen LogP contribution < -0.4 is 5.32 Å². The lowest BCUT2D eigenvalue weighted by molar-refractivity contribution is 0.460. The normalized spacial score (nSPS) is 15.8. The Morgan fingerprint density at radius 2 is 1.85 bits per heavy atom. The summed E-state index contributed by atoms with van der Waals surface area (Å²) in [5.41, 5.74) is 8.09. The number of halogens is 1. The molecule has 3 aromatic rings. The first-order valence-corrected chi connectivity index (χ1v) is 10.3. The number of fused-ring (bicyclic) bond motifs is 1. The summed E-state index contributed by atoms with van der Waals surface area (Å²) in [6.07, 6.45) is 2.43. The molecule has 0 atom stereocenters. The molecule has 1 saturated heterocycles. The largest absolute Gasteiger partial charge is 0.354 e. The van der Waals surface area contributed by atoms with Crippen molar-refractivity contribution in [2.75, 3.05) is 13.1 Å². The van der Waals surface area contributed by atoms with E-state index in [1.54, 1.807) is 0 Å². The maximum atomic E-state index is 6.67. The van der Waals surface area contributed by atoms with Gasteiger partial charge in [0.25, 0.3) is 0 Å². The summed E-state index contributed by atoms with van der Waals surface area (Å²) in [6.45, 7) is 10.8.